The van der Waals surface area contributed by atoms with Gasteiger partial charge in [-0.3, -0.25) is 9.69 Å². The van der Waals surface area contributed by atoms with Crippen molar-refractivity contribution in [2.45, 2.75) is 26.2 Å². The second kappa shape index (κ2) is 8.64. The number of rotatable bonds is 9. The SMILES string of the molecule is CCCCN(CCc1nc(-c2cccc(Cl)c2)no1)CC(N)=O. The first kappa shape index (κ1) is 17.4. The maximum Gasteiger partial charge on any atom is 0.231 e. The van der Waals surface area contributed by atoms with E-state index in [0.717, 1.165) is 24.9 Å². The molecule has 0 saturated carbocycles. The third-order valence-electron chi connectivity index (χ3n) is 3.40. The summed E-state index contributed by atoms with van der Waals surface area (Å²) in [6.45, 7) is 3.84. The van der Waals surface area contributed by atoms with Gasteiger partial charge in [-0.1, -0.05) is 42.2 Å². The lowest BCUT2D eigenvalue weighted by Crippen LogP contribution is -2.35. The molecule has 1 heterocycles. The number of halogens is 1. The summed E-state index contributed by atoms with van der Waals surface area (Å²) >= 11 is 5.96. The van der Waals surface area contributed by atoms with Gasteiger partial charge in [-0.15, -0.1) is 0 Å². The van der Waals surface area contributed by atoms with E-state index >= 15 is 0 Å². The van der Waals surface area contributed by atoms with E-state index < -0.39 is 0 Å². The predicted molar refractivity (Wildman–Crippen MR) is 89.0 cm³/mol. The van der Waals surface area contributed by atoms with Gasteiger partial charge in [0.1, 0.15) is 0 Å². The molecule has 0 radical (unpaired) electrons. The van der Waals surface area contributed by atoms with Crippen LogP contribution in [0.15, 0.2) is 28.8 Å². The van der Waals surface area contributed by atoms with Crippen molar-refractivity contribution in [3.05, 3.63) is 35.2 Å². The van der Waals surface area contributed by atoms with Gasteiger partial charge in [0.2, 0.25) is 17.6 Å². The van der Waals surface area contributed by atoms with Gasteiger partial charge in [0.05, 0.1) is 6.54 Å². The summed E-state index contributed by atoms with van der Waals surface area (Å²) in [5, 5.41) is 4.60. The van der Waals surface area contributed by atoms with Crippen molar-refractivity contribution in [2.24, 2.45) is 5.73 Å². The number of hydrogen-bond donors (Lipinski definition) is 1. The molecule has 2 N–H and O–H groups in total. The molecule has 7 heteroatoms. The number of carbonyl (C=O) groups is 1. The quantitative estimate of drug-likeness (QED) is 0.760. The van der Waals surface area contributed by atoms with Gasteiger partial charge in [-0.25, -0.2) is 0 Å². The minimum absolute atomic E-state index is 0.245. The van der Waals surface area contributed by atoms with Gasteiger partial charge in [0.25, 0.3) is 0 Å². The zero-order valence-corrected chi connectivity index (χ0v) is 13.9. The number of aromatic nitrogens is 2. The first-order valence-electron chi connectivity index (χ1n) is 7.67. The molecule has 1 aromatic carbocycles. The van der Waals surface area contributed by atoms with Crippen LogP contribution < -0.4 is 5.73 Å². The van der Waals surface area contributed by atoms with Crippen LogP contribution in [0.3, 0.4) is 0 Å². The number of amides is 1. The minimum Gasteiger partial charge on any atom is -0.369 e. The van der Waals surface area contributed by atoms with E-state index in [1.54, 1.807) is 12.1 Å². The van der Waals surface area contributed by atoms with Crippen molar-refractivity contribution in [1.29, 1.82) is 0 Å². The van der Waals surface area contributed by atoms with Crippen molar-refractivity contribution in [1.82, 2.24) is 15.0 Å². The third-order valence-corrected chi connectivity index (χ3v) is 3.64. The van der Waals surface area contributed by atoms with Gasteiger partial charge in [0, 0.05) is 23.6 Å². The Morgan fingerprint density at radius 3 is 2.91 bits per heavy atom. The van der Waals surface area contributed by atoms with Crippen molar-refractivity contribution >= 4 is 17.5 Å². The highest BCUT2D eigenvalue weighted by Gasteiger charge is 2.12. The maximum absolute atomic E-state index is 11.1. The summed E-state index contributed by atoms with van der Waals surface area (Å²) in [6, 6.07) is 7.30. The molecule has 0 unspecified atom stereocenters. The Morgan fingerprint density at radius 1 is 1.39 bits per heavy atom. The molecule has 0 saturated heterocycles. The van der Waals surface area contributed by atoms with Crippen molar-refractivity contribution in [3.63, 3.8) is 0 Å². The lowest BCUT2D eigenvalue weighted by Gasteiger charge is -2.19. The summed E-state index contributed by atoms with van der Waals surface area (Å²) in [5.41, 5.74) is 6.10. The molecule has 2 aromatic rings. The molecule has 1 amide bonds. The van der Waals surface area contributed by atoms with E-state index in [-0.39, 0.29) is 12.5 Å². The first-order chi connectivity index (χ1) is 11.1. The fourth-order valence-corrected chi connectivity index (χ4v) is 2.42. The number of benzene rings is 1. The van der Waals surface area contributed by atoms with Gasteiger partial charge in [-0.05, 0) is 25.1 Å². The van der Waals surface area contributed by atoms with Crippen LogP contribution in [-0.4, -0.2) is 40.6 Å². The summed E-state index contributed by atoms with van der Waals surface area (Å²) in [5.74, 6) is 0.717. The number of primary amides is 1. The highest BCUT2D eigenvalue weighted by molar-refractivity contribution is 6.30. The zero-order chi connectivity index (χ0) is 16.7. The molecule has 0 bridgehead atoms. The maximum atomic E-state index is 11.1. The Morgan fingerprint density at radius 2 is 2.22 bits per heavy atom. The fourth-order valence-electron chi connectivity index (χ4n) is 2.23. The topological polar surface area (TPSA) is 85.2 Å². The Kier molecular flexibility index (Phi) is 6.55. The van der Waals surface area contributed by atoms with E-state index in [2.05, 4.69) is 17.1 Å². The molecule has 0 aliphatic heterocycles. The Hall–Kier alpha value is -1.92. The van der Waals surface area contributed by atoms with Gasteiger partial charge >= 0.3 is 0 Å². The molecule has 0 atom stereocenters. The molecule has 0 spiro atoms. The zero-order valence-electron chi connectivity index (χ0n) is 13.2. The van der Waals surface area contributed by atoms with Crippen LogP contribution in [-0.2, 0) is 11.2 Å². The summed E-state index contributed by atoms with van der Waals surface area (Å²) < 4.78 is 5.27. The Bertz CT molecular complexity index is 645. The van der Waals surface area contributed by atoms with E-state index in [1.807, 2.05) is 17.0 Å². The van der Waals surface area contributed by atoms with E-state index in [4.69, 9.17) is 21.9 Å². The molecular formula is C16H21ClN4O2. The largest absolute Gasteiger partial charge is 0.369 e. The van der Waals surface area contributed by atoms with Crippen LogP contribution >= 0.6 is 11.6 Å². The van der Waals surface area contributed by atoms with E-state index in [9.17, 15) is 4.79 Å². The molecular weight excluding hydrogens is 316 g/mol. The molecule has 1 aromatic heterocycles. The molecule has 0 aliphatic carbocycles. The number of unbranched alkanes of at least 4 members (excludes halogenated alkanes) is 1. The fraction of sp³-hybridized carbons (Fsp3) is 0.438. The molecule has 2 rings (SSSR count). The summed E-state index contributed by atoms with van der Waals surface area (Å²) in [6.07, 6.45) is 2.66. The molecule has 0 aliphatic rings. The van der Waals surface area contributed by atoms with Gasteiger partial charge in [-0.2, -0.15) is 4.98 Å². The second-order valence-corrected chi connectivity index (χ2v) is 5.80. The van der Waals surface area contributed by atoms with Crippen LogP contribution in [0.2, 0.25) is 5.02 Å². The lowest BCUT2D eigenvalue weighted by atomic mass is 10.2. The highest BCUT2D eigenvalue weighted by Crippen LogP contribution is 2.20. The first-order valence-corrected chi connectivity index (χ1v) is 8.05. The summed E-state index contributed by atoms with van der Waals surface area (Å²) in [7, 11) is 0. The average Bonchev–Trinajstić information content (AvgIpc) is 2.98. The minimum atomic E-state index is -0.328. The van der Waals surface area contributed by atoms with Crippen molar-refractivity contribution in [2.75, 3.05) is 19.6 Å². The lowest BCUT2D eigenvalue weighted by molar-refractivity contribution is -0.119. The standard InChI is InChI=1S/C16H21ClN4O2/c1-2-3-8-21(11-14(18)22)9-7-15-19-16(20-23-15)12-5-4-6-13(17)10-12/h4-6,10H,2-3,7-9,11H2,1H3,(H2,18,22). The number of nitrogens with zero attached hydrogens (tertiary/aromatic N) is 3. The predicted octanol–water partition coefficient (Wildman–Crippen LogP) is 2.52. The monoisotopic (exact) mass is 336 g/mol. The molecule has 23 heavy (non-hydrogen) atoms. The number of hydrogen-bond acceptors (Lipinski definition) is 5. The number of carbonyl (C=O) groups excluding carboxylic acids is 1. The highest BCUT2D eigenvalue weighted by atomic mass is 35.5. The van der Waals surface area contributed by atoms with Gasteiger partial charge in [0.15, 0.2) is 0 Å². The summed E-state index contributed by atoms with van der Waals surface area (Å²) in [4.78, 5) is 17.5. The smallest absolute Gasteiger partial charge is 0.231 e. The Balaban J connectivity index is 1.96. The van der Waals surface area contributed by atoms with Crippen LogP contribution in [0, 0.1) is 0 Å². The van der Waals surface area contributed by atoms with Crippen LogP contribution in [0.1, 0.15) is 25.7 Å². The molecule has 124 valence electrons. The van der Waals surface area contributed by atoms with E-state index in [0.29, 0.717) is 29.7 Å². The Labute approximate surface area is 140 Å². The van der Waals surface area contributed by atoms with Crippen LogP contribution in [0.25, 0.3) is 11.4 Å². The van der Waals surface area contributed by atoms with Crippen molar-refractivity contribution < 1.29 is 9.32 Å². The third kappa shape index (κ3) is 5.65. The molecule has 6 nitrogen and oxygen atoms in total. The van der Waals surface area contributed by atoms with Crippen molar-refractivity contribution in [3.8, 4) is 11.4 Å². The van der Waals surface area contributed by atoms with Crippen LogP contribution in [0.5, 0.6) is 0 Å². The number of nitrogens with two attached hydrogens (primary N) is 1. The van der Waals surface area contributed by atoms with Gasteiger partial charge < -0.3 is 10.3 Å². The van der Waals surface area contributed by atoms with Crippen LogP contribution in [0.4, 0.5) is 0 Å². The normalized spacial score (nSPS) is 11.1. The second-order valence-electron chi connectivity index (χ2n) is 5.37. The average molecular weight is 337 g/mol. The molecule has 0 fully saturated rings. The van der Waals surface area contributed by atoms with E-state index in [1.165, 1.54) is 0 Å².